The van der Waals surface area contributed by atoms with Crippen LogP contribution in [0.3, 0.4) is 0 Å². The Morgan fingerprint density at radius 1 is 1.35 bits per heavy atom. The highest BCUT2D eigenvalue weighted by Crippen LogP contribution is 2.21. The van der Waals surface area contributed by atoms with Gasteiger partial charge in [0.1, 0.15) is 9.96 Å². The summed E-state index contributed by atoms with van der Waals surface area (Å²) < 4.78 is 42.3. The van der Waals surface area contributed by atoms with Gasteiger partial charge in [-0.15, -0.1) is 11.3 Å². The summed E-state index contributed by atoms with van der Waals surface area (Å²) in [6.45, 7) is 0. The number of hydrogen-bond acceptors (Lipinski definition) is 5. The van der Waals surface area contributed by atoms with Crippen molar-refractivity contribution in [2.75, 3.05) is 12.9 Å². The van der Waals surface area contributed by atoms with E-state index in [-0.39, 0.29) is 15.5 Å². The molecule has 0 radical (unpaired) electrons. The number of rotatable bonds is 5. The molecule has 2 aromatic rings. The van der Waals surface area contributed by atoms with E-state index in [1.165, 1.54) is 25.3 Å². The van der Waals surface area contributed by atoms with Crippen LogP contribution >= 0.6 is 11.3 Å². The first-order chi connectivity index (χ1) is 9.44. The molecule has 0 saturated carbocycles. The fourth-order valence-electron chi connectivity index (χ4n) is 1.61. The van der Waals surface area contributed by atoms with Crippen molar-refractivity contribution in [2.24, 2.45) is 0 Å². The van der Waals surface area contributed by atoms with Crippen LogP contribution in [0.15, 0.2) is 39.9 Å². The van der Waals surface area contributed by atoms with Crippen LogP contribution in [0.25, 0.3) is 0 Å². The SMILES string of the molecule is COc1ccc(C(=O)CS(=O)(=O)c2cccs2)cc1F. The zero-order valence-corrected chi connectivity index (χ0v) is 12.1. The zero-order chi connectivity index (χ0) is 14.8. The molecule has 0 N–H and O–H groups in total. The van der Waals surface area contributed by atoms with Crippen molar-refractivity contribution in [3.63, 3.8) is 0 Å². The Kier molecular flexibility index (Phi) is 4.20. The summed E-state index contributed by atoms with van der Waals surface area (Å²) in [6, 6.07) is 6.64. The third kappa shape index (κ3) is 3.05. The van der Waals surface area contributed by atoms with Crippen LogP contribution in [0, 0.1) is 5.82 Å². The normalized spacial score (nSPS) is 11.3. The summed E-state index contributed by atoms with van der Waals surface area (Å²) in [7, 11) is -2.37. The minimum Gasteiger partial charge on any atom is -0.494 e. The number of hydrogen-bond donors (Lipinski definition) is 0. The van der Waals surface area contributed by atoms with Gasteiger partial charge in [0, 0.05) is 5.56 Å². The second kappa shape index (κ2) is 5.72. The Morgan fingerprint density at radius 2 is 2.10 bits per heavy atom. The minimum atomic E-state index is -3.68. The molecule has 20 heavy (non-hydrogen) atoms. The Balaban J connectivity index is 2.23. The van der Waals surface area contributed by atoms with E-state index in [0.717, 1.165) is 17.4 Å². The van der Waals surface area contributed by atoms with Gasteiger partial charge in [-0.05, 0) is 29.6 Å². The van der Waals surface area contributed by atoms with E-state index in [1.807, 2.05) is 0 Å². The van der Waals surface area contributed by atoms with Gasteiger partial charge >= 0.3 is 0 Å². The summed E-state index contributed by atoms with van der Waals surface area (Å²) in [5.74, 6) is -2.03. The molecule has 0 saturated heterocycles. The van der Waals surface area contributed by atoms with Crippen molar-refractivity contribution in [3.05, 3.63) is 47.1 Å². The van der Waals surface area contributed by atoms with E-state index in [4.69, 9.17) is 4.74 Å². The van der Waals surface area contributed by atoms with Crippen molar-refractivity contribution in [3.8, 4) is 5.75 Å². The van der Waals surface area contributed by atoms with Gasteiger partial charge in [-0.25, -0.2) is 12.8 Å². The maximum absolute atomic E-state index is 13.5. The van der Waals surface area contributed by atoms with Crippen LogP contribution in [0.5, 0.6) is 5.75 Å². The van der Waals surface area contributed by atoms with Crippen LogP contribution in [-0.2, 0) is 9.84 Å². The summed E-state index contributed by atoms with van der Waals surface area (Å²) in [6.07, 6.45) is 0. The number of methoxy groups -OCH3 is 1. The molecule has 0 atom stereocenters. The fourth-order valence-corrected chi connectivity index (χ4v) is 3.93. The highest BCUT2D eigenvalue weighted by molar-refractivity contribution is 7.94. The van der Waals surface area contributed by atoms with Gasteiger partial charge < -0.3 is 4.74 Å². The van der Waals surface area contributed by atoms with E-state index in [0.29, 0.717) is 0 Å². The lowest BCUT2D eigenvalue weighted by Gasteiger charge is -2.05. The average Bonchev–Trinajstić information content (AvgIpc) is 2.92. The lowest BCUT2D eigenvalue weighted by molar-refractivity contribution is 0.102. The Labute approximate surface area is 119 Å². The van der Waals surface area contributed by atoms with Crippen LogP contribution in [0.4, 0.5) is 4.39 Å². The van der Waals surface area contributed by atoms with Gasteiger partial charge in [-0.2, -0.15) is 0 Å². The van der Waals surface area contributed by atoms with E-state index in [9.17, 15) is 17.6 Å². The third-order valence-corrected chi connectivity index (χ3v) is 5.70. The van der Waals surface area contributed by atoms with E-state index in [1.54, 1.807) is 11.4 Å². The Bertz CT molecular complexity index is 721. The molecule has 4 nitrogen and oxygen atoms in total. The number of carbonyl (C=O) groups excluding carboxylic acids is 1. The quantitative estimate of drug-likeness (QED) is 0.796. The topological polar surface area (TPSA) is 60.4 Å². The monoisotopic (exact) mass is 314 g/mol. The number of sulfone groups is 1. The van der Waals surface area contributed by atoms with Crippen molar-refractivity contribution >= 4 is 27.0 Å². The van der Waals surface area contributed by atoms with Gasteiger partial charge in [0.05, 0.1) is 7.11 Å². The van der Waals surface area contributed by atoms with E-state index < -0.39 is 27.2 Å². The average molecular weight is 314 g/mol. The molecule has 1 aromatic carbocycles. The third-order valence-electron chi connectivity index (χ3n) is 2.60. The Morgan fingerprint density at radius 3 is 2.65 bits per heavy atom. The molecule has 0 bridgehead atoms. The lowest BCUT2D eigenvalue weighted by atomic mass is 10.1. The molecule has 7 heteroatoms. The van der Waals surface area contributed by atoms with E-state index in [2.05, 4.69) is 0 Å². The number of thiophene rings is 1. The molecular weight excluding hydrogens is 303 g/mol. The zero-order valence-electron chi connectivity index (χ0n) is 10.5. The predicted octanol–water partition coefficient (Wildman–Crippen LogP) is 2.55. The number of carbonyl (C=O) groups is 1. The van der Waals surface area contributed by atoms with Gasteiger partial charge in [0.2, 0.25) is 0 Å². The largest absolute Gasteiger partial charge is 0.494 e. The summed E-state index contributed by atoms with van der Waals surface area (Å²) in [5.41, 5.74) is 0.00318. The first-order valence-corrected chi connectivity index (χ1v) is 8.10. The van der Waals surface area contributed by atoms with Gasteiger partial charge in [0.15, 0.2) is 27.2 Å². The van der Waals surface area contributed by atoms with Crippen molar-refractivity contribution in [1.29, 1.82) is 0 Å². The minimum absolute atomic E-state index is 0.00247. The summed E-state index contributed by atoms with van der Waals surface area (Å²) >= 11 is 1.04. The number of benzene rings is 1. The Hall–Kier alpha value is -1.73. The molecule has 1 heterocycles. The summed E-state index contributed by atoms with van der Waals surface area (Å²) in [5, 5.41) is 1.62. The van der Waals surface area contributed by atoms with Crippen molar-refractivity contribution < 1.29 is 22.3 Å². The predicted molar refractivity (Wildman–Crippen MR) is 73.7 cm³/mol. The molecule has 0 amide bonds. The summed E-state index contributed by atoms with van der Waals surface area (Å²) in [4.78, 5) is 11.9. The molecule has 0 fully saturated rings. The van der Waals surface area contributed by atoms with Crippen molar-refractivity contribution in [2.45, 2.75) is 4.21 Å². The number of Topliss-reactive ketones (excluding diaryl/α,β-unsaturated/α-hetero) is 1. The smallest absolute Gasteiger partial charge is 0.195 e. The molecule has 2 rings (SSSR count). The maximum Gasteiger partial charge on any atom is 0.195 e. The van der Waals surface area contributed by atoms with Crippen molar-refractivity contribution in [1.82, 2.24) is 0 Å². The number of ether oxygens (including phenoxy) is 1. The van der Waals surface area contributed by atoms with Gasteiger partial charge in [0.25, 0.3) is 0 Å². The van der Waals surface area contributed by atoms with Gasteiger partial charge in [-0.1, -0.05) is 6.07 Å². The number of halogens is 1. The van der Waals surface area contributed by atoms with E-state index >= 15 is 0 Å². The fraction of sp³-hybridized carbons (Fsp3) is 0.154. The second-order valence-corrected chi connectivity index (χ2v) is 7.13. The lowest BCUT2D eigenvalue weighted by Crippen LogP contribution is -2.15. The molecule has 0 unspecified atom stereocenters. The highest BCUT2D eigenvalue weighted by Gasteiger charge is 2.22. The molecule has 0 aliphatic rings. The van der Waals surface area contributed by atoms with Crippen LogP contribution in [0.2, 0.25) is 0 Å². The molecule has 0 aliphatic carbocycles. The molecule has 1 aromatic heterocycles. The first kappa shape index (κ1) is 14.7. The molecule has 0 aliphatic heterocycles. The highest BCUT2D eigenvalue weighted by atomic mass is 32.2. The van der Waals surface area contributed by atoms with Crippen LogP contribution in [0.1, 0.15) is 10.4 Å². The molecule has 0 spiro atoms. The first-order valence-electron chi connectivity index (χ1n) is 5.57. The molecule has 106 valence electrons. The number of ketones is 1. The van der Waals surface area contributed by atoms with Gasteiger partial charge in [-0.3, -0.25) is 4.79 Å². The van der Waals surface area contributed by atoms with Crippen LogP contribution in [-0.4, -0.2) is 27.1 Å². The van der Waals surface area contributed by atoms with Crippen LogP contribution < -0.4 is 4.74 Å². The maximum atomic E-state index is 13.5. The molecular formula is C13H11FO4S2. The standard InChI is InChI=1S/C13H11FO4S2/c1-18-12-5-4-9(7-10(12)14)11(15)8-20(16,17)13-3-2-6-19-13/h2-7H,8H2,1H3. The second-order valence-electron chi connectivity index (χ2n) is 3.96.